The van der Waals surface area contributed by atoms with Crippen molar-refractivity contribution in [3.63, 3.8) is 0 Å². The predicted molar refractivity (Wildman–Crippen MR) is 93.5 cm³/mol. The highest BCUT2D eigenvalue weighted by atomic mass is 19.3. The Hall–Kier alpha value is -2.96. The molecule has 25 heavy (non-hydrogen) atoms. The van der Waals surface area contributed by atoms with Crippen LogP contribution in [0.4, 0.5) is 14.5 Å². The molecule has 130 valence electrons. The third-order valence-corrected chi connectivity index (χ3v) is 3.53. The lowest BCUT2D eigenvalue weighted by Gasteiger charge is -2.13. The van der Waals surface area contributed by atoms with Crippen LogP contribution in [0.2, 0.25) is 0 Å². The molecular weight excluding hydrogens is 326 g/mol. The van der Waals surface area contributed by atoms with Crippen LogP contribution < -0.4 is 5.43 Å². The minimum atomic E-state index is -2.45. The Kier molecular flexibility index (Phi) is 5.23. The number of alkyl halides is 2. The van der Waals surface area contributed by atoms with E-state index in [1.54, 1.807) is 6.92 Å². The Morgan fingerprint density at radius 3 is 2.92 bits per heavy atom. The first-order valence-electron chi connectivity index (χ1n) is 7.84. The highest BCUT2D eigenvalue weighted by Gasteiger charge is 2.12. The van der Waals surface area contributed by atoms with E-state index in [-0.39, 0.29) is 0 Å². The number of nitrogens with zero attached hydrogens (tertiary/aromatic N) is 3. The summed E-state index contributed by atoms with van der Waals surface area (Å²) >= 11 is 0. The molecule has 0 amide bonds. The first-order chi connectivity index (χ1) is 12.1. The van der Waals surface area contributed by atoms with Gasteiger partial charge in [-0.2, -0.15) is 5.10 Å². The molecular formula is C18H18F2N4O. The second kappa shape index (κ2) is 7.74. The zero-order valence-corrected chi connectivity index (χ0v) is 13.7. The minimum absolute atomic E-state index is 0.427. The summed E-state index contributed by atoms with van der Waals surface area (Å²) in [6.07, 6.45) is 4.85. The zero-order valence-electron chi connectivity index (χ0n) is 13.7. The van der Waals surface area contributed by atoms with Crippen LogP contribution in [-0.4, -0.2) is 28.7 Å². The van der Waals surface area contributed by atoms with Crippen molar-refractivity contribution in [2.24, 2.45) is 5.10 Å². The fourth-order valence-electron chi connectivity index (χ4n) is 2.37. The van der Waals surface area contributed by atoms with Gasteiger partial charge in [-0.1, -0.05) is 36.4 Å². The van der Waals surface area contributed by atoms with E-state index in [2.05, 4.69) is 15.6 Å². The number of hydrazone groups is 1. The molecule has 0 bridgehead atoms. The molecule has 5 nitrogen and oxygen atoms in total. The average Bonchev–Trinajstić information content (AvgIpc) is 2.93. The van der Waals surface area contributed by atoms with Crippen LogP contribution in [0, 0.1) is 6.92 Å². The van der Waals surface area contributed by atoms with Crippen molar-refractivity contribution in [3.05, 3.63) is 65.5 Å². The lowest BCUT2D eigenvalue weighted by Crippen LogP contribution is -2.13. The first-order valence-corrected chi connectivity index (χ1v) is 7.84. The molecule has 1 aliphatic rings. The summed E-state index contributed by atoms with van der Waals surface area (Å²) in [5.41, 5.74) is 5.85. The number of hydrogen-bond donors (Lipinski definition) is 1. The second-order valence-electron chi connectivity index (χ2n) is 5.49. The molecule has 0 saturated carbocycles. The lowest BCUT2D eigenvalue weighted by molar-refractivity contribution is 0.121. The van der Waals surface area contributed by atoms with E-state index >= 15 is 0 Å². The number of aromatic nitrogens is 2. The van der Waals surface area contributed by atoms with Crippen LogP contribution in [0.15, 0.2) is 59.4 Å². The topological polar surface area (TPSA) is 51.4 Å². The van der Waals surface area contributed by atoms with E-state index in [1.165, 1.54) is 10.9 Å². The van der Waals surface area contributed by atoms with Crippen molar-refractivity contribution in [1.82, 2.24) is 9.78 Å². The van der Waals surface area contributed by atoms with Gasteiger partial charge in [0, 0.05) is 5.57 Å². The summed E-state index contributed by atoms with van der Waals surface area (Å²) in [7, 11) is 0. The number of benzene rings is 1. The highest BCUT2D eigenvalue weighted by Crippen LogP contribution is 2.17. The van der Waals surface area contributed by atoms with E-state index in [1.807, 2.05) is 48.6 Å². The molecule has 7 heteroatoms. The van der Waals surface area contributed by atoms with Crippen molar-refractivity contribution < 1.29 is 13.5 Å². The third kappa shape index (κ3) is 4.53. The molecule has 1 N–H and O–H groups in total. The summed E-state index contributed by atoms with van der Waals surface area (Å²) in [5, 5.41) is 8.31. The van der Waals surface area contributed by atoms with E-state index < -0.39 is 13.0 Å². The van der Waals surface area contributed by atoms with Crippen molar-refractivity contribution in [2.75, 3.05) is 12.0 Å². The third-order valence-electron chi connectivity index (χ3n) is 3.53. The Labute approximate surface area is 144 Å². The fraction of sp³-hybridized carbons (Fsp3) is 0.222. The van der Waals surface area contributed by atoms with Gasteiger partial charge in [-0.3, -0.25) is 10.1 Å². The normalized spacial score (nSPS) is 17.3. The van der Waals surface area contributed by atoms with Crippen LogP contribution in [0.1, 0.15) is 11.3 Å². The zero-order chi connectivity index (χ0) is 17.6. The number of rotatable bonds is 5. The van der Waals surface area contributed by atoms with Crippen molar-refractivity contribution in [1.29, 1.82) is 0 Å². The van der Waals surface area contributed by atoms with Crippen LogP contribution >= 0.6 is 0 Å². The van der Waals surface area contributed by atoms with E-state index in [9.17, 15) is 8.78 Å². The summed E-state index contributed by atoms with van der Waals surface area (Å²) < 4.78 is 31.7. The van der Waals surface area contributed by atoms with Crippen molar-refractivity contribution in [2.45, 2.75) is 19.9 Å². The monoisotopic (exact) mass is 344 g/mol. The van der Waals surface area contributed by atoms with E-state index in [0.717, 1.165) is 11.1 Å². The van der Waals surface area contributed by atoms with Gasteiger partial charge in [-0.05, 0) is 24.6 Å². The van der Waals surface area contributed by atoms with Crippen molar-refractivity contribution >= 4 is 17.7 Å². The van der Waals surface area contributed by atoms with Gasteiger partial charge >= 0.3 is 0 Å². The summed E-state index contributed by atoms with van der Waals surface area (Å²) in [6.45, 7) is 1.71. The number of halogens is 2. The molecule has 0 spiro atoms. The first kappa shape index (κ1) is 16.9. The van der Waals surface area contributed by atoms with Crippen LogP contribution in [0.25, 0.3) is 6.08 Å². The molecule has 0 unspecified atom stereocenters. The van der Waals surface area contributed by atoms with Gasteiger partial charge in [0.1, 0.15) is 13.2 Å². The molecule has 0 saturated heterocycles. The van der Waals surface area contributed by atoms with Crippen LogP contribution in [0.3, 0.4) is 0 Å². The second-order valence-corrected chi connectivity index (χ2v) is 5.49. The fourth-order valence-corrected chi connectivity index (χ4v) is 2.37. The lowest BCUT2D eigenvalue weighted by atomic mass is 10.1. The molecule has 1 aromatic heterocycles. The maximum atomic E-state index is 12.5. The van der Waals surface area contributed by atoms with Crippen LogP contribution in [0.5, 0.6) is 0 Å². The van der Waals surface area contributed by atoms with Gasteiger partial charge < -0.3 is 4.74 Å². The van der Waals surface area contributed by atoms with Gasteiger partial charge in [0.05, 0.1) is 17.6 Å². The molecule has 2 heterocycles. The molecule has 0 fully saturated rings. The van der Waals surface area contributed by atoms with Gasteiger partial charge in [-0.15, -0.1) is 5.10 Å². The predicted octanol–water partition coefficient (Wildman–Crippen LogP) is 3.85. The Balaban J connectivity index is 1.79. The van der Waals surface area contributed by atoms with E-state index in [4.69, 9.17) is 4.74 Å². The molecule has 0 atom stereocenters. The highest BCUT2D eigenvalue weighted by molar-refractivity contribution is 6.01. The Morgan fingerprint density at radius 1 is 1.36 bits per heavy atom. The molecule has 1 aliphatic heterocycles. The maximum Gasteiger partial charge on any atom is 0.257 e. The minimum Gasteiger partial charge on any atom is -0.472 e. The van der Waals surface area contributed by atoms with Crippen molar-refractivity contribution in [3.8, 4) is 0 Å². The van der Waals surface area contributed by atoms with Crippen LogP contribution in [-0.2, 0) is 11.3 Å². The molecule has 2 aromatic rings. The van der Waals surface area contributed by atoms with Gasteiger partial charge in [-0.25, -0.2) is 8.78 Å². The smallest absolute Gasteiger partial charge is 0.257 e. The molecule has 1 aromatic carbocycles. The summed E-state index contributed by atoms with van der Waals surface area (Å²) in [6, 6.07) is 9.83. The Morgan fingerprint density at radius 2 is 2.16 bits per heavy atom. The van der Waals surface area contributed by atoms with Gasteiger partial charge in [0.15, 0.2) is 0 Å². The number of nitrogens with one attached hydrogen (secondary N) is 1. The Bertz CT molecular complexity index is 810. The molecule has 0 aliphatic carbocycles. The number of aryl methyl sites for hydroxylation is 1. The molecule has 0 radical (unpaired) electrons. The number of hydrogen-bond acceptors (Lipinski definition) is 4. The van der Waals surface area contributed by atoms with Gasteiger partial charge in [0.25, 0.3) is 6.43 Å². The number of anilines is 1. The number of ether oxygens (including phenoxy) is 1. The van der Waals surface area contributed by atoms with E-state index in [0.29, 0.717) is 23.9 Å². The SMILES string of the molecule is Cc1nn(CC(F)F)cc1NN=C1OCC=CC1=Cc1ccccc1. The summed E-state index contributed by atoms with van der Waals surface area (Å²) in [5.74, 6) is 0.437. The standard InChI is InChI=1S/C18H18F2N4O/c1-13-16(11-24(23-13)12-17(19)20)21-22-18-15(8-5-9-25-18)10-14-6-3-2-4-7-14/h2-8,10-11,17,21H,9,12H2,1H3. The van der Waals surface area contributed by atoms with Gasteiger partial charge in [0.2, 0.25) is 5.90 Å². The largest absolute Gasteiger partial charge is 0.472 e. The maximum absolute atomic E-state index is 12.5. The summed E-state index contributed by atoms with van der Waals surface area (Å²) in [4.78, 5) is 0. The quantitative estimate of drug-likeness (QED) is 0.838. The average molecular weight is 344 g/mol. The molecule has 3 rings (SSSR count).